The van der Waals surface area contributed by atoms with Crippen LogP contribution in [0.3, 0.4) is 0 Å². The zero-order valence-electron chi connectivity index (χ0n) is 12.2. The highest BCUT2D eigenvalue weighted by atomic mass is 32.2. The van der Waals surface area contributed by atoms with E-state index in [1.54, 1.807) is 24.3 Å². The van der Waals surface area contributed by atoms with E-state index in [0.29, 0.717) is 6.42 Å². The van der Waals surface area contributed by atoms with E-state index in [4.69, 9.17) is 5.26 Å². The predicted molar refractivity (Wildman–Crippen MR) is 87.4 cm³/mol. The second kappa shape index (κ2) is 6.62. The van der Waals surface area contributed by atoms with E-state index in [0.717, 1.165) is 34.5 Å². The molecule has 0 aliphatic rings. The number of aromatic amines is 1. The highest BCUT2D eigenvalue weighted by Gasteiger charge is 2.14. The summed E-state index contributed by atoms with van der Waals surface area (Å²) in [5.74, 6) is 1.01. The Balaban J connectivity index is 1.92. The molecule has 0 amide bonds. The van der Waals surface area contributed by atoms with Gasteiger partial charge in [0.05, 0.1) is 30.4 Å². The molecule has 3 rings (SSSR count). The van der Waals surface area contributed by atoms with Crippen LogP contribution in [0.4, 0.5) is 0 Å². The van der Waals surface area contributed by atoms with Crippen LogP contribution in [0.2, 0.25) is 0 Å². The van der Waals surface area contributed by atoms with Gasteiger partial charge in [-0.3, -0.25) is 4.68 Å². The highest BCUT2D eigenvalue weighted by Crippen LogP contribution is 2.26. The van der Waals surface area contributed by atoms with E-state index in [-0.39, 0.29) is 6.04 Å². The molecule has 22 heavy (non-hydrogen) atoms. The van der Waals surface area contributed by atoms with Gasteiger partial charge in [-0.25, -0.2) is 9.97 Å². The number of nitriles is 1. The Morgan fingerprint density at radius 2 is 2.36 bits per heavy atom. The summed E-state index contributed by atoms with van der Waals surface area (Å²) in [4.78, 5) is 11.7. The van der Waals surface area contributed by atoms with Crippen molar-refractivity contribution in [3.05, 3.63) is 31.0 Å². The van der Waals surface area contributed by atoms with Crippen molar-refractivity contribution in [1.29, 1.82) is 5.26 Å². The Labute approximate surface area is 132 Å². The number of hydrogen-bond donors (Lipinski definition) is 1. The van der Waals surface area contributed by atoms with Gasteiger partial charge in [0.2, 0.25) is 0 Å². The standard InChI is InChI=1S/C15H16N6S/c1-22-7-4-12(2-5-16)21-9-11(8-20-21)14-13-3-6-17-15(13)19-10-18-14/h3,6,8-10,12H,2,4,7H2,1H3,(H,17,18,19)/t12-/m0/s1. The summed E-state index contributed by atoms with van der Waals surface area (Å²) in [6, 6.07) is 4.32. The molecular weight excluding hydrogens is 296 g/mol. The quantitative estimate of drug-likeness (QED) is 0.756. The van der Waals surface area contributed by atoms with Crippen molar-refractivity contribution >= 4 is 22.8 Å². The molecule has 0 aliphatic heterocycles. The number of nitrogens with one attached hydrogen (secondary N) is 1. The lowest BCUT2D eigenvalue weighted by molar-refractivity contribution is 0.451. The monoisotopic (exact) mass is 312 g/mol. The minimum absolute atomic E-state index is 0.106. The van der Waals surface area contributed by atoms with Crippen molar-refractivity contribution in [2.45, 2.75) is 18.9 Å². The zero-order chi connectivity index (χ0) is 15.4. The lowest BCUT2D eigenvalue weighted by atomic mass is 10.1. The molecule has 1 atom stereocenters. The van der Waals surface area contributed by atoms with Crippen LogP contribution < -0.4 is 0 Å². The Hall–Kier alpha value is -2.33. The Morgan fingerprint density at radius 3 is 3.18 bits per heavy atom. The summed E-state index contributed by atoms with van der Waals surface area (Å²) < 4.78 is 1.88. The van der Waals surface area contributed by atoms with Crippen LogP contribution in [0, 0.1) is 11.3 Å². The number of aromatic nitrogens is 5. The number of rotatable bonds is 6. The van der Waals surface area contributed by atoms with Crippen LogP contribution in [0.1, 0.15) is 18.9 Å². The maximum Gasteiger partial charge on any atom is 0.141 e. The van der Waals surface area contributed by atoms with Gasteiger partial charge >= 0.3 is 0 Å². The second-order valence-electron chi connectivity index (χ2n) is 4.97. The summed E-state index contributed by atoms with van der Waals surface area (Å²) in [5, 5.41) is 14.4. The normalized spacial score (nSPS) is 12.4. The van der Waals surface area contributed by atoms with Gasteiger partial charge in [-0.05, 0) is 24.5 Å². The van der Waals surface area contributed by atoms with Crippen molar-refractivity contribution in [1.82, 2.24) is 24.7 Å². The summed E-state index contributed by atoms with van der Waals surface area (Å²) in [7, 11) is 0. The molecule has 112 valence electrons. The first-order valence-electron chi connectivity index (χ1n) is 7.02. The van der Waals surface area contributed by atoms with Crippen LogP contribution in [0.5, 0.6) is 0 Å². The van der Waals surface area contributed by atoms with Gasteiger partial charge < -0.3 is 4.98 Å². The summed E-state index contributed by atoms with van der Waals surface area (Å²) in [6.07, 6.45) is 10.6. The van der Waals surface area contributed by atoms with Gasteiger partial charge in [0.1, 0.15) is 12.0 Å². The van der Waals surface area contributed by atoms with Crippen LogP contribution in [0.15, 0.2) is 31.0 Å². The third-order valence-electron chi connectivity index (χ3n) is 3.59. The molecule has 0 bridgehead atoms. The topological polar surface area (TPSA) is 83.2 Å². The molecule has 7 heteroatoms. The number of thioether (sulfide) groups is 1. The van der Waals surface area contributed by atoms with Crippen molar-refractivity contribution in [3.63, 3.8) is 0 Å². The molecule has 0 saturated carbocycles. The molecule has 3 aromatic heterocycles. The lowest BCUT2D eigenvalue weighted by Crippen LogP contribution is -2.10. The fourth-order valence-electron chi connectivity index (χ4n) is 2.45. The first kappa shape index (κ1) is 14.6. The predicted octanol–water partition coefficient (Wildman–Crippen LogP) is 3.03. The smallest absolute Gasteiger partial charge is 0.141 e. The minimum Gasteiger partial charge on any atom is -0.346 e. The Kier molecular flexibility index (Phi) is 4.39. The molecule has 6 nitrogen and oxygen atoms in total. The molecule has 0 aromatic carbocycles. The molecular formula is C15H16N6S. The summed E-state index contributed by atoms with van der Waals surface area (Å²) in [6.45, 7) is 0. The van der Waals surface area contributed by atoms with E-state index in [1.165, 1.54) is 0 Å². The van der Waals surface area contributed by atoms with E-state index >= 15 is 0 Å². The summed E-state index contributed by atoms with van der Waals surface area (Å²) >= 11 is 1.78. The van der Waals surface area contributed by atoms with Crippen LogP contribution in [-0.2, 0) is 0 Å². The fraction of sp³-hybridized carbons (Fsp3) is 0.333. The first-order chi connectivity index (χ1) is 10.8. The average molecular weight is 312 g/mol. The van der Waals surface area contributed by atoms with E-state index < -0.39 is 0 Å². The van der Waals surface area contributed by atoms with Gasteiger partial charge in [-0.2, -0.15) is 22.1 Å². The lowest BCUT2D eigenvalue weighted by Gasteiger charge is -2.13. The van der Waals surface area contributed by atoms with Crippen molar-refractivity contribution in [2.24, 2.45) is 0 Å². The number of hydrogen-bond acceptors (Lipinski definition) is 5. The van der Waals surface area contributed by atoms with Crippen molar-refractivity contribution in [3.8, 4) is 17.3 Å². The van der Waals surface area contributed by atoms with Gasteiger partial charge in [-0.15, -0.1) is 0 Å². The average Bonchev–Trinajstić information content (AvgIpc) is 3.19. The minimum atomic E-state index is 0.106. The number of H-pyrrole nitrogens is 1. The van der Waals surface area contributed by atoms with Gasteiger partial charge in [0.15, 0.2) is 0 Å². The van der Waals surface area contributed by atoms with Gasteiger partial charge in [-0.1, -0.05) is 0 Å². The molecule has 0 radical (unpaired) electrons. The molecule has 0 fully saturated rings. The van der Waals surface area contributed by atoms with E-state index in [9.17, 15) is 0 Å². The molecule has 0 aliphatic carbocycles. The maximum atomic E-state index is 9.01. The van der Waals surface area contributed by atoms with Crippen molar-refractivity contribution < 1.29 is 0 Å². The Bertz CT molecular complexity index is 800. The van der Waals surface area contributed by atoms with Crippen LogP contribution >= 0.6 is 11.8 Å². The first-order valence-corrected chi connectivity index (χ1v) is 8.41. The molecule has 1 N–H and O–H groups in total. The number of nitrogens with zero attached hydrogens (tertiary/aromatic N) is 5. The van der Waals surface area contributed by atoms with E-state index in [2.05, 4.69) is 32.4 Å². The Morgan fingerprint density at radius 1 is 1.45 bits per heavy atom. The highest BCUT2D eigenvalue weighted by molar-refractivity contribution is 7.98. The van der Waals surface area contributed by atoms with Gasteiger partial charge in [0, 0.05) is 23.3 Å². The molecule has 0 spiro atoms. The molecule has 0 saturated heterocycles. The van der Waals surface area contributed by atoms with E-state index in [1.807, 2.05) is 23.1 Å². The third-order valence-corrected chi connectivity index (χ3v) is 4.23. The second-order valence-corrected chi connectivity index (χ2v) is 5.95. The molecule has 3 heterocycles. The van der Waals surface area contributed by atoms with Crippen LogP contribution in [0.25, 0.3) is 22.3 Å². The zero-order valence-corrected chi connectivity index (χ0v) is 13.0. The maximum absolute atomic E-state index is 9.01. The van der Waals surface area contributed by atoms with Gasteiger partial charge in [0.25, 0.3) is 0 Å². The molecule has 3 aromatic rings. The SMILES string of the molecule is CSCC[C@H](CC#N)n1cc(-c2ncnc3[nH]ccc23)cn1. The van der Waals surface area contributed by atoms with Crippen LogP contribution in [-0.4, -0.2) is 36.7 Å². The largest absolute Gasteiger partial charge is 0.346 e. The van der Waals surface area contributed by atoms with Crippen molar-refractivity contribution in [2.75, 3.05) is 12.0 Å². The fourth-order valence-corrected chi connectivity index (χ4v) is 2.96. The third kappa shape index (κ3) is 2.83. The molecule has 0 unspecified atom stereocenters. The summed E-state index contributed by atoms with van der Waals surface area (Å²) in [5.41, 5.74) is 2.62. The number of fused-ring (bicyclic) bond motifs is 1.